The molecule has 9 heteroatoms. The number of nitrogens with zero attached hydrogens (tertiary/aromatic N) is 2. The van der Waals surface area contributed by atoms with E-state index < -0.39 is 6.03 Å². The number of carbonyl (C=O) groups excluding carboxylic acids is 4. The summed E-state index contributed by atoms with van der Waals surface area (Å²) in [7, 11) is 0. The van der Waals surface area contributed by atoms with E-state index >= 15 is 0 Å². The lowest BCUT2D eigenvalue weighted by molar-refractivity contribution is -0.141. The minimum Gasteiger partial charge on any atom is -0.494 e. The van der Waals surface area contributed by atoms with Crippen LogP contribution in [-0.2, 0) is 14.4 Å². The van der Waals surface area contributed by atoms with Gasteiger partial charge in [0.2, 0.25) is 17.7 Å². The largest absolute Gasteiger partial charge is 0.494 e. The highest BCUT2D eigenvalue weighted by Crippen LogP contribution is 2.34. The van der Waals surface area contributed by atoms with Gasteiger partial charge in [-0.1, -0.05) is 26.7 Å². The molecule has 2 aliphatic rings. The van der Waals surface area contributed by atoms with E-state index in [0.717, 1.165) is 31.4 Å². The maximum absolute atomic E-state index is 13.4. The van der Waals surface area contributed by atoms with Crippen molar-refractivity contribution in [3.05, 3.63) is 24.3 Å². The molecule has 0 spiro atoms. The molecule has 2 unspecified atom stereocenters. The maximum Gasteiger partial charge on any atom is 0.327 e. The minimum absolute atomic E-state index is 0.0140. The number of carbonyl (C=O) groups is 4. The Morgan fingerprint density at radius 3 is 2.47 bits per heavy atom. The van der Waals surface area contributed by atoms with E-state index in [4.69, 9.17) is 4.74 Å². The van der Waals surface area contributed by atoms with Crippen LogP contribution in [-0.4, -0.2) is 65.8 Å². The molecule has 0 radical (unpaired) electrons. The maximum atomic E-state index is 13.4. The Morgan fingerprint density at radius 1 is 1.06 bits per heavy atom. The van der Waals surface area contributed by atoms with Gasteiger partial charge in [0.05, 0.1) is 12.5 Å². The highest BCUT2D eigenvalue weighted by molar-refractivity contribution is 6.01. The molecule has 1 aromatic carbocycles. The first-order chi connectivity index (χ1) is 17.3. The first-order valence-corrected chi connectivity index (χ1v) is 13.2. The van der Waals surface area contributed by atoms with E-state index in [1.807, 2.05) is 20.8 Å². The Bertz CT molecular complexity index is 917. The molecule has 1 aliphatic heterocycles. The lowest BCUT2D eigenvalue weighted by Crippen LogP contribution is -2.63. The standard InChI is InChI=1S/C27H40N4O5/c1-4-36-21-14-12-20(13-15-21)29-25(33)18-31-23-10-6-5-9-22(23)26(34)30(27(31)35)16-8-7-11-24(32)28-17-19(2)3/h12-15,19,22-23H,4-11,16-18H2,1-3H3,(H,28,32)(H,29,33). The van der Waals surface area contributed by atoms with Crippen LogP contribution in [0.5, 0.6) is 5.75 Å². The van der Waals surface area contributed by atoms with Crippen molar-refractivity contribution in [1.82, 2.24) is 15.1 Å². The summed E-state index contributed by atoms with van der Waals surface area (Å²) in [5, 5.41) is 5.74. The van der Waals surface area contributed by atoms with Crippen molar-refractivity contribution in [2.45, 2.75) is 71.8 Å². The van der Waals surface area contributed by atoms with Crippen molar-refractivity contribution in [3.63, 3.8) is 0 Å². The highest BCUT2D eigenvalue weighted by atomic mass is 16.5. The third-order valence-corrected chi connectivity index (χ3v) is 6.70. The Balaban J connectivity index is 1.59. The number of imide groups is 1. The number of amides is 5. The molecule has 0 aromatic heterocycles. The third-order valence-electron chi connectivity index (χ3n) is 6.70. The summed E-state index contributed by atoms with van der Waals surface area (Å²) >= 11 is 0. The molecule has 1 aliphatic carbocycles. The predicted octanol–water partition coefficient (Wildman–Crippen LogP) is 3.79. The molecule has 1 saturated heterocycles. The van der Waals surface area contributed by atoms with Crippen molar-refractivity contribution >= 4 is 29.4 Å². The van der Waals surface area contributed by atoms with Crippen molar-refractivity contribution < 1.29 is 23.9 Å². The second-order valence-electron chi connectivity index (χ2n) is 10.0. The number of fused-ring (bicyclic) bond motifs is 1. The fourth-order valence-electron chi connectivity index (χ4n) is 4.87. The fraction of sp³-hybridized carbons (Fsp3) is 0.630. The third kappa shape index (κ3) is 7.45. The monoisotopic (exact) mass is 500 g/mol. The number of hydrogen-bond donors (Lipinski definition) is 2. The summed E-state index contributed by atoms with van der Waals surface area (Å²) in [5.41, 5.74) is 0.622. The van der Waals surface area contributed by atoms with Gasteiger partial charge < -0.3 is 20.3 Å². The fourth-order valence-corrected chi connectivity index (χ4v) is 4.87. The Labute approximate surface area is 213 Å². The topological polar surface area (TPSA) is 108 Å². The van der Waals surface area contributed by atoms with E-state index in [9.17, 15) is 19.2 Å². The number of nitrogens with one attached hydrogen (secondary N) is 2. The molecule has 3 rings (SSSR count). The van der Waals surface area contributed by atoms with Gasteiger partial charge in [0.25, 0.3) is 0 Å². The molecular weight excluding hydrogens is 460 g/mol. The molecule has 2 atom stereocenters. The molecule has 9 nitrogen and oxygen atoms in total. The zero-order valence-electron chi connectivity index (χ0n) is 21.8. The second-order valence-corrected chi connectivity index (χ2v) is 10.0. The van der Waals surface area contributed by atoms with E-state index in [1.54, 1.807) is 29.2 Å². The van der Waals surface area contributed by atoms with Gasteiger partial charge in [-0.2, -0.15) is 0 Å². The Kier molecular flexibility index (Phi) is 10.1. The van der Waals surface area contributed by atoms with Crippen LogP contribution in [0, 0.1) is 11.8 Å². The van der Waals surface area contributed by atoms with Crippen LogP contribution < -0.4 is 15.4 Å². The first kappa shape index (κ1) is 27.5. The zero-order chi connectivity index (χ0) is 26.1. The van der Waals surface area contributed by atoms with Crippen LogP contribution >= 0.6 is 0 Å². The van der Waals surface area contributed by atoms with Gasteiger partial charge in [-0.15, -0.1) is 0 Å². The zero-order valence-corrected chi connectivity index (χ0v) is 21.8. The molecule has 1 heterocycles. The van der Waals surface area contributed by atoms with Gasteiger partial charge in [0.15, 0.2) is 0 Å². The van der Waals surface area contributed by atoms with E-state index in [-0.39, 0.29) is 42.8 Å². The number of unbranched alkanes of at least 4 members (excludes halogenated alkanes) is 1. The summed E-state index contributed by atoms with van der Waals surface area (Å²) in [6.45, 7) is 7.34. The molecule has 198 valence electrons. The number of anilines is 1. The van der Waals surface area contributed by atoms with Gasteiger partial charge in [0.1, 0.15) is 12.3 Å². The number of rotatable bonds is 12. The molecule has 2 fully saturated rings. The molecular formula is C27H40N4O5. The average Bonchev–Trinajstić information content (AvgIpc) is 2.86. The SMILES string of the molecule is CCOc1ccc(NC(=O)CN2C(=O)N(CCCCC(=O)NCC(C)C)C(=O)C3CCCCC32)cc1. The van der Waals surface area contributed by atoms with Crippen LogP contribution in [0.25, 0.3) is 0 Å². The molecule has 1 saturated carbocycles. The van der Waals surface area contributed by atoms with Gasteiger partial charge in [0, 0.05) is 31.2 Å². The molecule has 2 N–H and O–H groups in total. The first-order valence-electron chi connectivity index (χ1n) is 13.2. The number of urea groups is 1. The van der Waals surface area contributed by atoms with Crippen LogP contribution in [0.4, 0.5) is 10.5 Å². The Morgan fingerprint density at radius 2 is 1.78 bits per heavy atom. The van der Waals surface area contributed by atoms with E-state index in [1.165, 1.54) is 4.90 Å². The normalized spacial score (nSPS) is 19.8. The average molecular weight is 501 g/mol. The minimum atomic E-state index is -0.408. The predicted molar refractivity (Wildman–Crippen MR) is 138 cm³/mol. The Hall–Kier alpha value is -3.10. The summed E-state index contributed by atoms with van der Waals surface area (Å²) in [6, 6.07) is 6.43. The number of hydrogen-bond acceptors (Lipinski definition) is 5. The summed E-state index contributed by atoms with van der Waals surface area (Å²) in [4.78, 5) is 54.2. The van der Waals surface area contributed by atoms with Crippen LogP contribution in [0.3, 0.4) is 0 Å². The van der Waals surface area contributed by atoms with Crippen LogP contribution in [0.2, 0.25) is 0 Å². The lowest BCUT2D eigenvalue weighted by Gasteiger charge is -2.46. The smallest absolute Gasteiger partial charge is 0.327 e. The van der Waals surface area contributed by atoms with Gasteiger partial charge in [-0.05, 0) is 62.8 Å². The van der Waals surface area contributed by atoms with Crippen molar-refractivity contribution in [2.24, 2.45) is 11.8 Å². The molecule has 0 bridgehead atoms. The second kappa shape index (κ2) is 13.3. The summed E-state index contributed by atoms with van der Waals surface area (Å²) < 4.78 is 5.43. The van der Waals surface area contributed by atoms with Crippen molar-refractivity contribution in [2.75, 3.05) is 31.6 Å². The van der Waals surface area contributed by atoms with E-state index in [2.05, 4.69) is 10.6 Å². The quantitative estimate of drug-likeness (QED) is 0.425. The van der Waals surface area contributed by atoms with Crippen LogP contribution in [0.1, 0.15) is 65.7 Å². The van der Waals surface area contributed by atoms with Gasteiger partial charge in [-0.3, -0.25) is 19.3 Å². The van der Waals surface area contributed by atoms with E-state index in [0.29, 0.717) is 44.0 Å². The molecule has 1 aromatic rings. The summed E-state index contributed by atoms with van der Waals surface area (Å²) in [6.07, 6.45) is 4.83. The number of ether oxygens (including phenoxy) is 1. The number of benzene rings is 1. The molecule has 5 amide bonds. The lowest BCUT2D eigenvalue weighted by atomic mass is 9.81. The summed E-state index contributed by atoms with van der Waals surface area (Å²) in [5.74, 6) is 0.381. The highest BCUT2D eigenvalue weighted by Gasteiger charge is 2.47. The van der Waals surface area contributed by atoms with Crippen molar-refractivity contribution in [3.8, 4) is 5.75 Å². The van der Waals surface area contributed by atoms with Gasteiger partial charge >= 0.3 is 6.03 Å². The van der Waals surface area contributed by atoms with Crippen LogP contribution in [0.15, 0.2) is 24.3 Å². The van der Waals surface area contributed by atoms with Crippen molar-refractivity contribution in [1.29, 1.82) is 0 Å². The molecule has 36 heavy (non-hydrogen) atoms. The van der Waals surface area contributed by atoms with Gasteiger partial charge in [-0.25, -0.2) is 4.79 Å².